The van der Waals surface area contributed by atoms with Gasteiger partial charge >= 0.3 is 0 Å². The van der Waals surface area contributed by atoms with Gasteiger partial charge in [-0.05, 0) is 48.9 Å². The Morgan fingerprint density at radius 3 is 2.26 bits per heavy atom. The molecule has 232 valence electrons. The molecule has 8 N–H and O–H groups in total. The van der Waals surface area contributed by atoms with Crippen LogP contribution in [0.3, 0.4) is 0 Å². The minimum atomic E-state index is -0.972. The number of likely N-dealkylation sites (tertiary alicyclic amines) is 1. The van der Waals surface area contributed by atoms with Crippen LogP contribution in [0.1, 0.15) is 50.2 Å². The number of primary amides is 1. The molecule has 0 aromatic heterocycles. The highest BCUT2D eigenvalue weighted by molar-refractivity contribution is 5.94. The predicted molar refractivity (Wildman–Crippen MR) is 160 cm³/mol. The van der Waals surface area contributed by atoms with Gasteiger partial charge in [-0.2, -0.15) is 0 Å². The van der Waals surface area contributed by atoms with Gasteiger partial charge in [0.25, 0.3) is 0 Å². The number of aromatic hydroxyl groups is 1. The topological polar surface area (TPSA) is 197 Å². The fraction of sp³-hybridized carbons (Fsp3) is 0.452. The summed E-state index contributed by atoms with van der Waals surface area (Å²) in [6.45, 7) is 1.89. The zero-order valence-corrected chi connectivity index (χ0v) is 24.5. The molecule has 5 amide bonds. The predicted octanol–water partition coefficient (Wildman–Crippen LogP) is 0.257. The molecule has 2 aromatic carbocycles. The van der Waals surface area contributed by atoms with Gasteiger partial charge in [-0.1, -0.05) is 62.2 Å². The lowest BCUT2D eigenvalue weighted by Gasteiger charge is -2.28. The Morgan fingerprint density at radius 1 is 0.930 bits per heavy atom. The third-order valence-corrected chi connectivity index (χ3v) is 7.41. The summed E-state index contributed by atoms with van der Waals surface area (Å²) in [6.07, 6.45) is 3.28. The van der Waals surface area contributed by atoms with Crippen LogP contribution in [0.2, 0.25) is 0 Å². The van der Waals surface area contributed by atoms with E-state index in [0.717, 1.165) is 17.5 Å². The number of carbonyl (C=O) groups is 5. The van der Waals surface area contributed by atoms with Crippen LogP contribution in [0.15, 0.2) is 54.6 Å². The first-order valence-electron chi connectivity index (χ1n) is 14.6. The van der Waals surface area contributed by atoms with E-state index in [4.69, 9.17) is 11.5 Å². The zero-order chi connectivity index (χ0) is 31.4. The molecule has 0 bridgehead atoms. The molecule has 1 fully saturated rings. The van der Waals surface area contributed by atoms with Crippen LogP contribution in [0.25, 0.3) is 0 Å². The SMILES string of the molecule is CCCC[C@@H](NC(=O)[C@@H](N)Cc1ccc(O)cc1)C(=O)NCC(=O)N[C@@H](Cc1ccccc1)C(=O)N1CCC[C@H]1C(N)=O. The zero-order valence-electron chi connectivity index (χ0n) is 24.5. The van der Waals surface area contributed by atoms with E-state index >= 15 is 0 Å². The quantitative estimate of drug-likeness (QED) is 0.170. The monoisotopic (exact) mass is 594 g/mol. The lowest BCUT2D eigenvalue weighted by Crippen LogP contribution is -2.56. The van der Waals surface area contributed by atoms with Crippen molar-refractivity contribution in [2.75, 3.05) is 13.1 Å². The van der Waals surface area contributed by atoms with Gasteiger partial charge in [0, 0.05) is 13.0 Å². The van der Waals surface area contributed by atoms with E-state index in [1.807, 2.05) is 37.3 Å². The summed E-state index contributed by atoms with van der Waals surface area (Å²) >= 11 is 0. The van der Waals surface area contributed by atoms with E-state index in [2.05, 4.69) is 16.0 Å². The standard InChI is InChI=1S/C31H42N6O6/c1-2-3-10-24(36-29(41)23(32)17-21-12-14-22(38)15-13-21)30(42)34-19-27(39)35-25(18-20-8-5-4-6-9-20)31(43)37-16-7-11-26(37)28(33)40/h4-6,8-9,12-15,23-26,38H,2-3,7,10-11,16-19,32H2,1H3,(H2,33,40)(H,34,42)(H,35,39)(H,36,41)/t23-,24+,25-,26-/m0/s1. The second-order valence-corrected chi connectivity index (χ2v) is 10.8. The van der Waals surface area contributed by atoms with Crippen molar-refractivity contribution in [3.63, 3.8) is 0 Å². The van der Waals surface area contributed by atoms with Gasteiger partial charge in [-0.25, -0.2) is 0 Å². The molecule has 0 spiro atoms. The molecule has 1 aliphatic heterocycles. The Labute approximate surface area is 251 Å². The molecule has 4 atom stereocenters. The van der Waals surface area contributed by atoms with Crippen LogP contribution in [-0.4, -0.2) is 76.8 Å². The summed E-state index contributed by atoms with van der Waals surface area (Å²) in [6, 6.07) is 11.9. The van der Waals surface area contributed by atoms with Crippen LogP contribution in [-0.2, 0) is 36.8 Å². The molecule has 43 heavy (non-hydrogen) atoms. The number of amides is 5. The van der Waals surface area contributed by atoms with Crippen LogP contribution < -0.4 is 27.4 Å². The van der Waals surface area contributed by atoms with Gasteiger partial charge in [0.15, 0.2) is 0 Å². The molecule has 0 saturated carbocycles. The second-order valence-electron chi connectivity index (χ2n) is 10.8. The third kappa shape index (κ3) is 10.1. The fourth-order valence-electron chi connectivity index (χ4n) is 5.05. The highest BCUT2D eigenvalue weighted by Crippen LogP contribution is 2.19. The van der Waals surface area contributed by atoms with Crippen LogP contribution in [0.4, 0.5) is 0 Å². The van der Waals surface area contributed by atoms with Crippen LogP contribution >= 0.6 is 0 Å². The first kappa shape index (κ1) is 33.1. The second kappa shape index (κ2) is 16.3. The van der Waals surface area contributed by atoms with Gasteiger partial charge in [0.05, 0.1) is 12.6 Å². The van der Waals surface area contributed by atoms with Crippen LogP contribution in [0.5, 0.6) is 5.75 Å². The van der Waals surface area contributed by atoms with Gasteiger partial charge in [0.2, 0.25) is 29.5 Å². The van der Waals surface area contributed by atoms with E-state index in [0.29, 0.717) is 32.2 Å². The Hall–Kier alpha value is -4.45. The molecule has 1 saturated heterocycles. The van der Waals surface area contributed by atoms with Gasteiger partial charge in [0.1, 0.15) is 23.9 Å². The number of benzene rings is 2. The lowest BCUT2D eigenvalue weighted by molar-refractivity contribution is -0.140. The summed E-state index contributed by atoms with van der Waals surface area (Å²) < 4.78 is 0. The molecule has 0 radical (unpaired) electrons. The van der Waals surface area contributed by atoms with E-state index < -0.39 is 60.2 Å². The van der Waals surface area contributed by atoms with Crippen molar-refractivity contribution in [2.45, 2.75) is 76.0 Å². The number of carbonyl (C=O) groups excluding carboxylic acids is 5. The van der Waals surface area contributed by atoms with E-state index in [9.17, 15) is 29.1 Å². The maximum Gasteiger partial charge on any atom is 0.246 e. The number of nitrogens with one attached hydrogen (secondary N) is 3. The van der Waals surface area contributed by atoms with Crippen molar-refractivity contribution in [3.8, 4) is 5.75 Å². The Kier molecular flexibility index (Phi) is 12.5. The van der Waals surface area contributed by atoms with Gasteiger partial charge < -0.3 is 37.4 Å². The molecule has 1 heterocycles. The Balaban J connectivity index is 1.61. The smallest absolute Gasteiger partial charge is 0.246 e. The molecule has 2 aromatic rings. The third-order valence-electron chi connectivity index (χ3n) is 7.41. The summed E-state index contributed by atoms with van der Waals surface area (Å²) in [5.41, 5.74) is 13.1. The highest BCUT2D eigenvalue weighted by Gasteiger charge is 2.36. The Morgan fingerprint density at radius 2 is 1.60 bits per heavy atom. The van der Waals surface area contributed by atoms with Crippen molar-refractivity contribution < 1.29 is 29.1 Å². The average Bonchev–Trinajstić information content (AvgIpc) is 3.49. The average molecular weight is 595 g/mol. The molecule has 1 aliphatic rings. The summed E-state index contributed by atoms with van der Waals surface area (Å²) in [4.78, 5) is 65.6. The number of rotatable bonds is 15. The number of unbranched alkanes of at least 4 members (excludes halogenated alkanes) is 1. The number of phenols is 1. The van der Waals surface area contributed by atoms with Crippen molar-refractivity contribution in [2.24, 2.45) is 11.5 Å². The van der Waals surface area contributed by atoms with Crippen molar-refractivity contribution in [1.29, 1.82) is 0 Å². The Bertz CT molecular complexity index is 1260. The number of phenolic OH excluding ortho intramolecular Hbond substituents is 1. The minimum absolute atomic E-state index is 0.101. The number of hydrogen-bond donors (Lipinski definition) is 6. The number of nitrogens with zero attached hydrogens (tertiary/aromatic N) is 1. The summed E-state index contributed by atoms with van der Waals surface area (Å²) in [5.74, 6) is -2.57. The summed E-state index contributed by atoms with van der Waals surface area (Å²) in [7, 11) is 0. The maximum absolute atomic E-state index is 13.4. The number of nitrogens with two attached hydrogens (primary N) is 2. The maximum atomic E-state index is 13.4. The highest BCUT2D eigenvalue weighted by atomic mass is 16.3. The van der Waals surface area contributed by atoms with Gasteiger partial charge in [-0.3, -0.25) is 24.0 Å². The summed E-state index contributed by atoms with van der Waals surface area (Å²) in [5, 5.41) is 17.4. The molecule has 0 unspecified atom stereocenters. The van der Waals surface area contributed by atoms with E-state index in [-0.39, 0.29) is 18.6 Å². The normalized spacial score (nSPS) is 16.5. The lowest BCUT2D eigenvalue weighted by atomic mass is 10.0. The van der Waals surface area contributed by atoms with E-state index in [1.54, 1.807) is 12.1 Å². The molecular formula is C31H42N6O6. The first-order valence-corrected chi connectivity index (χ1v) is 14.6. The molecule has 12 nitrogen and oxygen atoms in total. The van der Waals surface area contributed by atoms with Crippen molar-refractivity contribution in [3.05, 3.63) is 65.7 Å². The van der Waals surface area contributed by atoms with Gasteiger partial charge in [-0.15, -0.1) is 0 Å². The largest absolute Gasteiger partial charge is 0.508 e. The molecule has 0 aliphatic carbocycles. The number of hydrogen-bond acceptors (Lipinski definition) is 7. The minimum Gasteiger partial charge on any atom is -0.508 e. The molecule has 12 heteroatoms. The van der Waals surface area contributed by atoms with Crippen LogP contribution in [0, 0.1) is 0 Å². The molecule has 3 rings (SSSR count). The van der Waals surface area contributed by atoms with Crippen molar-refractivity contribution in [1.82, 2.24) is 20.9 Å². The fourth-order valence-corrected chi connectivity index (χ4v) is 5.05. The van der Waals surface area contributed by atoms with Crippen molar-refractivity contribution >= 4 is 29.5 Å². The molecular weight excluding hydrogens is 552 g/mol. The first-order chi connectivity index (χ1) is 20.6. The van der Waals surface area contributed by atoms with E-state index in [1.165, 1.54) is 17.0 Å².